The average molecular weight is 448 g/mol. The van der Waals surface area contributed by atoms with Crippen LogP contribution in [0, 0.1) is 11.6 Å². The third-order valence-electron chi connectivity index (χ3n) is 4.50. The van der Waals surface area contributed by atoms with Crippen molar-refractivity contribution in [3.63, 3.8) is 0 Å². The number of benzene rings is 1. The Kier molecular flexibility index (Phi) is 5.47. The molecule has 0 radical (unpaired) electrons. The first-order valence-corrected chi connectivity index (χ1v) is 9.10. The number of aromatic nitrogens is 3. The van der Waals surface area contributed by atoms with E-state index in [0.29, 0.717) is 5.65 Å². The fraction of sp³-hybridized carbons (Fsp3) is 0.0952. The zero-order valence-corrected chi connectivity index (χ0v) is 16.0. The summed E-state index contributed by atoms with van der Waals surface area (Å²) in [5.74, 6) is -3.83. The number of hydrogen-bond donors (Lipinski definition) is 1. The van der Waals surface area contributed by atoms with Gasteiger partial charge in [-0.15, -0.1) is 13.2 Å². The summed E-state index contributed by atoms with van der Waals surface area (Å²) in [4.78, 5) is 20.8. The van der Waals surface area contributed by atoms with Crippen molar-refractivity contribution in [3.8, 4) is 5.75 Å². The van der Waals surface area contributed by atoms with E-state index in [-0.39, 0.29) is 16.8 Å². The van der Waals surface area contributed by atoms with Crippen LogP contribution in [-0.2, 0) is 0 Å². The van der Waals surface area contributed by atoms with Gasteiger partial charge < -0.3 is 14.5 Å². The number of amides is 1. The van der Waals surface area contributed by atoms with Gasteiger partial charge in [-0.1, -0.05) is 6.07 Å². The van der Waals surface area contributed by atoms with E-state index < -0.39 is 35.7 Å². The molecule has 1 unspecified atom stereocenters. The summed E-state index contributed by atoms with van der Waals surface area (Å²) in [6.07, 6.45) is 0.833. The lowest BCUT2D eigenvalue weighted by molar-refractivity contribution is -0.275. The predicted molar refractivity (Wildman–Crippen MR) is 102 cm³/mol. The Labute approximate surface area is 177 Å². The van der Waals surface area contributed by atoms with Gasteiger partial charge in [0.25, 0.3) is 5.91 Å². The molecule has 1 aromatic carbocycles. The van der Waals surface area contributed by atoms with Crippen molar-refractivity contribution >= 4 is 11.6 Å². The molecule has 0 bridgehead atoms. The number of fused-ring (bicyclic) bond motifs is 1. The second-order valence-electron chi connectivity index (χ2n) is 6.63. The normalized spacial score (nSPS) is 12.5. The maximum absolute atomic E-state index is 14.5. The van der Waals surface area contributed by atoms with E-state index in [0.717, 1.165) is 24.3 Å². The van der Waals surface area contributed by atoms with Crippen LogP contribution in [0.5, 0.6) is 5.75 Å². The van der Waals surface area contributed by atoms with Crippen LogP contribution in [0.25, 0.3) is 5.65 Å². The Hall–Kier alpha value is -4.02. The van der Waals surface area contributed by atoms with E-state index in [9.17, 15) is 26.7 Å². The Bertz CT molecular complexity index is 1290. The summed E-state index contributed by atoms with van der Waals surface area (Å²) in [6, 6.07) is 6.76. The van der Waals surface area contributed by atoms with Gasteiger partial charge in [-0.2, -0.15) is 0 Å². The van der Waals surface area contributed by atoms with E-state index >= 15 is 0 Å². The summed E-state index contributed by atoms with van der Waals surface area (Å²) in [5, 5.41) is 2.55. The summed E-state index contributed by atoms with van der Waals surface area (Å²) in [5.41, 5.74) is 0.505. The standard InChI is InChI=1S/C21H13F5N4O2/c22-14-2-1-7-28-19(14)18(12-3-5-16(15(23)10-12)32-21(24,25)26)29-20(31)13-4-6-17-27-8-9-30(17)11-13/h1-11,18H,(H,29,31). The second-order valence-corrected chi connectivity index (χ2v) is 6.63. The SMILES string of the molecule is O=C(NC(c1ccc(OC(F)(F)F)c(F)c1)c1ncccc1F)c1ccc2nccn2c1. The van der Waals surface area contributed by atoms with Crippen LogP contribution in [0.4, 0.5) is 22.0 Å². The molecule has 0 saturated carbocycles. The molecule has 0 spiro atoms. The number of pyridine rings is 2. The van der Waals surface area contributed by atoms with E-state index in [1.54, 1.807) is 16.7 Å². The number of rotatable bonds is 5. The predicted octanol–water partition coefficient (Wildman–Crippen LogP) is 4.43. The number of carbonyl (C=O) groups excluding carboxylic acids is 1. The molecule has 3 aromatic heterocycles. The quantitative estimate of drug-likeness (QED) is 0.459. The Morgan fingerprint density at radius 1 is 1.03 bits per heavy atom. The van der Waals surface area contributed by atoms with Gasteiger partial charge >= 0.3 is 6.36 Å². The number of ether oxygens (including phenoxy) is 1. The van der Waals surface area contributed by atoms with Crippen molar-refractivity contribution in [2.24, 2.45) is 0 Å². The largest absolute Gasteiger partial charge is 0.573 e. The van der Waals surface area contributed by atoms with Crippen LogP contribution >= 0.6 is 0 Å². The molecule has 0 fully saturated rings. The molecule has 1 amide bonds. The molecule has 4 aromatic rings. The Morgan fingerprint density at radius 3 is 2.56 bits per heavy atom. The van der Waals surface area contributed by atoms with Crippen molar-refractivity contribution in [3.05, 3.63) is 95.7 Å². The first kappa shape index (κ1) is 21.2. The van der Waals surface area contributed by atoms with E-state index in [1.807, 2.05) is 0 Å². The van der Waals surface area contributed by atoms with Gasteiger partial charge in [-0.3, -0.25) is 9.78 Å². The van der Waals surface area contributed by atoms with Crippen molar-refractivity contribution < 1.29 is 31.5 Å². The molecule has 0 aliphatic heterocycles. The highest BCUT2D eigenvalue weighted by molar-refractivity contribution is 5.94. The maximum Gasteiger partial charge on any atom is 0.573 e. The Balaban J connectivity index is 1.70. The fourth-order valence-corrected chi connectivity index (χ4v) is 3.09. The van der Waals surface area contributed by atoms with Gasteiger partial charge in [-0.25, -0.2) is 13.8 Å². The number of alkyl halides is 3. The summed E-state index contributed by atoms with van der Waals surface area (Å²) in [7, 11) is 0. The highest BCUT2D eigenvalue weighted by Crippen LogP contribution is 2.30. The minimum absolute atomic E-state index is 0.0355. The molecule has 1 N–H and O–H groups in total. The van der Waals surface area contributed by atoms with E-state index in [2.05, 4.69) is 20.0 Å². The molecule has 6 nitrogen and oxygen atoms in total. The summed E-state index contributed by atoms with van der Waals surface area (Å²) >= 11 is 0. The van der Waals surface area contributed by atoms with Gasteiger partial charge in [0, 0.05) is 24.8 Å². The van der Waals surface area contributed by atoms with E-state index in [4.69, 9.17) is 0 Å². The van der Waals surface area contributed by atoms with Crippen molar-refractivity contribution in [1.29, 1.82) is 0 Å². The number of carbonyl (C=O) groups is 1. The molecular formula is C21H13F5N4O2. The molecule has 32 heavy (non-hydrogen) atoms. The molecule has 0 aliphatic rings. The Morgan fingerprint density at radius 2 is 1.84 bits per heavy atom. The van der Waals surface area contributed by atoms with Crippen molar-refractivity contribution in [2.45, 2.75) is 12.4 Å². The fourth-order valence-electron chi connectivity index (χ4n) is 3.09. The van der Waals surface area contributed by atoms with Gasteiger partial charge in [0.05, 0.1) is 11.6 Å². The van der Waals surface area contributed by atoms with Gasteiger partial charge in [0.15, 0.2) is 11.6 Å². The number of halogens is 5. The number of hydrogen-bond acceptors (Lipinski definition) is 4. The summed E-state index contributed by atoms with van der Waals surface area (Å²) in [6.45, 7) is 0. The zero-order chi connectivity index (χ0) is 22.9. The van der Waals surface area contributed by atoms with Crippen LogP contribution < -0.4 is 10.1 Å². The lowest BCUT2D eigenvalue weighted by Crippen LogP contribution is -2.31. The van der Waals surface area contributed by atoms with Crippen LogP contribution in [0.15, 0.2) is 67.3 Å². The molecule has 4 rings (SSSR count). The average Bonchev–Trinajstić information content (AvgIpc) is 3.21. The van der Waals surface area contributed by atoms with Crippen molar-refractivity contribution in [1.82, 2.24) is 19.7 Å². The topological polar surface area (TPSA) is 68.5 Å². The van der Waals surface area contributed by atoms with Gasteiger partial charge in [0.1, 0.15) is 17.2 Å². The van der Waals surface area contributed by atoms with Crippen molar-refractivity contribution in [2.75, 3.05) is 0 Å². The molecule has 0 saturated heterocycles. The molecular weight excluding hydrogens is 435 g/mol. The lowest BCUT2D eigenvalue weighted by Gasteiger charge is -2.20. The minimum Gasteiger partial charge on any atom is -0.403 e. The highest BCUT2D eigenvalue weighted by atomic mass is 19.4. The number of nitrogens with zero attached hydrogens (tertiary/aromatic N) is 3. The first-order valence-electron chi connectivity index (χ1n) is 9.10. The second kappa shape index (κ2) is 8.25. The molecule has 11 heteroatoms. The first-order chi connectivity index (χ1) is 15.2. The third-order valence-corrected chi connectivity index (χ3v) is 4.50. The van der Waals surface area contributed by atoms with Crippen LogP contribution in [0.2, 0.25) is 0 Å². The maximum atomic E-state index is 14.5. The smallest absolute Gasteiger partial charge is 0.403 e. The lowest BCUT2D eigenvalue weighted by atomic mass is 10.0. The monoisotopic (exact) mass is 448 g/mol. The molecule has 164 valence electrons. The van der Waals surface area contributed by atoms with Crippen LogP contribution in [0.1, 0.15) is 27.7 Å². The third kappa shape index (κ3) is 4.51. The van der Waals surface area contributed by atoms with E-state index in [1.165, 1.54) is 30.7 Å². The van der Waals surface area contributed by atoms with Crippen LogP contribution in [-0.4, -0.2) is 26.6 Å². The zero-order valence-electron chi connectivity index (χ0n) is 16.0. The molecule has 1 atom stereocenters. The number of nitrogens with one attached hydrogen (secondary N) is 1. The van der Waals surface area contributed by atoms with Gasteiger partial charge in [0.2, 0.25) is 0 Å². The van der Waals surface area contributed by atoms with Crippen LogP contribution in [0.3, 0.4) is 0 Å². The minimum atomic E-state index is -5.09. The molecule has 0 aliphatic carbocycles. The summed E-state index contributed by atoms with van der Waals surface area (Å²) < 4.78 is 71.3. The molecule has 3 heterocycles. The highest BCUT2D eigenvalue weighted by Gasteiger charge is 2.33. The van der Waals surface area contributed by atoms with Gasteiger partial charge in [-0.05, 0) is 42.0 Å². The number of imidazole rings is 1.